The largest absolute Gasteiger partial charge is 0.481 e. The summed E-state index contributed by atoms with van der Waals surface area (Å²) < 4.78 is 37.1. The topological polar surface area (TPSA) is 63.1 Å². The maximum absolute atomic E-state index is 12.4. The minimum Gasteiger partial charge on any atom is -0.481 e. The molecule has 0 saturated heterocycles. The first kappa shape index (κ1) is 13.4. The maximum atomic E-state index is 12.4. The standard InChI is InChI=1S/C10H11F3N2O2/c1-2-3-6(9(16)17)8-14-5-4-7(15-8)10(11,12)13/h4-6H,2-3H2,1H3,(H,16,17). The smallest absolute Gasteiger partial charge is 0.433 e. The minimum absolute atomic E-state index is 0.205. The molecular formula is C10H11F3N2O2. The van der Waals surface area contributed by atoms with Crippen LogP contribution in [0.2, 0.25) is 0 Å². The van der Waals surface area contributed by atoms with Gasteiger partial charge in [0.05, 0.1) is 0 Å². The number of carboxylic acid groups (broad SMARTS) is 1. The van der Waals surface area contributed by atoms with Gasteiger partial charge in [0.1, 0.15) is 17.4 Å². The van der Waals surface area contributed by atoms with Crippen LogP contribution in [0.1, 0.15) is 37.2 Å². The van der Waals surface area contributed by atoms with Gasteiger partial charge in [0.15, 0.2) is 0 Å². The quantitative estimate of drug-likeness (QED) is 0.889. The van der Waals surface area contributed by atoms with E-state index in [2.05, 4.69) is 9.97 Å². The van der Waals surface area contributed by atoms with Gasteiger partial charge in [-0.1, -0.05) is 13.3 Å². The summed E-state index contributed by atoms with van der Waals surface area (Å²) >= 11 is 0. The highest BCUT2D eigenvalue weighted by Crippen LogP contribution is 2.28. The van der Waals surface area contributed by atoms with Crippen LogP contribution >= 0.6 is 0 Å². The summed E-state index contributed by atoms with van der Waals surface area (Å²) in [6.07, 6.45) is -2.93. The van der Waals surface area contributed by atoms with Crippen molar-refractivity contribution >= 4 is 5.97 Å². The van der Waals surface area contributed by atoms with Crippen molar-refractivity contribution in [1.82, 2.24) is 9.97 Å². The Morgan fingerprint density at radius 3 is 2.65 bits per heavy atom. The zero-order valence-corrected chi connectivity index (χ0v) is 9.03. The predicted molar refractivity (Wildman–Crippen MR) is 52.3 cm³/mol. The Morgan fingerprint density at radius 2 is 2.18 bits per heavy atom. The second-order valence-corrected chi connectivity index (χ2v) is 3.48. The number of alkyl halides is 3. The molecule has 0 aliphatic carbocycles. The average Bonchev–Trinajstić information content (AvgIpc) is 2.24. The van der Waals surface area contributed by atoms with E-state index in [9.17, 15) is 18.0 Å². The van der Waals surface area contributed by atoms with Crippen LogP contribution < -0.4 is 0 Å². The van der Waals surface area contributed by atoms with Crippen LogP contribution in [0, 0.1) is 0 Å². The molecule has 0 aliphatic heterocycles. The molecule has 0 fully saturated rings. The molecule has 0 spiro atoms. The van der Waals surface area contributed by atoms with Gasteiger partial charge in [-0.15, -0.1) is 0 Å². The third-order valence-corrected chi connectivity index (χ3v) is 2.15. The van der Waals surface area contributed by atoms with E-state index in [1.54, 1.807) is 6.92 Å². The zero-order valence-electron chi connectivity index (χ0n) is 9.03. The number of rotatable bonds is 4. The first-order valence-electron chi connectivity index (χ1n) is 4.99. The van der Waals surface area contributed by atoms with Crippen LogP contribution in [-0.4, -0.2) is 21.0 Å². The number of halogens is 3. The van der Waals surface area contributed by atoms with Crippen molar-refractivity contribution in [1.29, 1.82) is 0 Å². The Hall–Kier alpha value is -1.66. The van der Waals surface area contributed by atoms with Crippen molar-refractivity contribution < 1.29 is 23.1 Å². The van der Waals surface area contributed by atoms with Crippen molar-refractivity contribution in [3.63, 3.8) is 0 Å². The number of carbonyl (C=O) groups is 1. The van der Waals surface area contributed by atoms with E-state index >= 15 is 0 Å². The molecule has 0 saturated carbocycles. The first-order valence-corrected chi connectivity index (χ1v) is 4.99. The van der Waals surface area contributed by atoms with E-state index in [-0.39, 0.29) is 12.2 Å². The summed E-state index contributed by atoms with van der Waals surface area (Å²) in [4.78, 5) is 17.8. The van der Waals surface area contributed by atoms with Crippen molar-refractivity contribution in [3.05, 3.63) is 23.8 Å². The SMILES string of the molecule is CCCC(C(=O)O)c1nccc(C(F)(F)F)n1. The third-order valence-electron chi connectivity index (χ3n) is 2.15. The molecule has 1 N–H and O–H groups in total. The number of nitrogens with zero attached hydrogens (tertiary/aromatic N) is 2. The second-order valence-electron chi connectivity index (χ2n) is 3.48. The predicted octanol–water partition coefficient (Wildman–Crippen LogP) is 2.46. The Labute approximate surface area is 95.5 Å². The maximum Gasteiger partial charge on any atom is 0.433 e. The molecule has 1 aromatic rings. The van der Waals surface area contributed by atoms with Crippen molar-refractivity contribution in [2.45, 2.75) is 31.9 Å². The Balaban J connectivity index is 3.08. The van der Waals surface area contributed by atoms with Crippen LogP contribution in [0.25, 0.3) is 0 Å². The van der Waals surface area contributed by atoms with Crippen LogP contribution in [0.4, 0.5) is 13.2 Å². The fraction of sp³-hybridized carbons (Fsp3) is 0.500. The van der Waals surface area contributed by atoms with E-state index in [0.29, 0.717) is 12.5 Å². The normalized spacial score (nSPS) is 13.4. The molecule has 1 heterocycles. The van der Waals surface area contributed by atoms with Gasteiger partial charge in [-0.2, -0.15) is 13.2 Å². The molecule has 7 heteroatoms. The Kier molecular flexibility index (Phi) is 4.03. The lowest BCUT2D eigenvalue weighted by Crippen LogP contribution is -2.17. The average molecular weight is 248 g/mol. The van der Waals surface area contributed by atoms with Gasteiger partial charge in [0.2, 0.25) is 0 Å². The molecule has 4 nitrogen and oxygen atoms in total. The van der Waals surface area contributed by atoms with Crippen LogP contribution in [0.5, 0.6) is 0 Å². The van der Waals surface area contributed by atoms with E-state index in [1.807, 2.05) is 0 Å². The molecule has 1 unspecified atom stereocenters. The van der Waals surface area contributed by atoms with Gasteiger partial charge in [0, 0.05) is 6.20 Å². The van der Waals surface area contributed by atoms with Gasteiger partial charge >= 0.3 is 12.1 Å². The summed E-state index contributed by atoms with van der Waals surface area (Å²) in [5.74, 6) is -2.61. The molecule has 0 radical (unpaired) electrons. The highest BCUT2D eigenvalue weighted by atomic mass is 19.4. The van der Waals surface area contributed by atoms with Crippen molar-refractivity contribution in [2.24, 2.45) is 0 Å². The summed E-state index contributed by atoms with van der Waals surface area (Å²) in [5.41, 5.74) is -1.12. The number of hydrogen-bond donors (Lipinski definition) is 1. The molecule has 1 rings (SSSR count). The van der Waals surface area contributed by atoms with E-state index in [4.69, 9.17) is 5.11 Å². The van der Waals surface area contributed by atoms with Gasteiger partial charge in [-0.05, 0) is 12.5 Å². The lowest BCUT2D eigenvalue weighted by Gasteiger charge is -2.11. The summed E-state index contributed by atoms with van der Waals surface area (Å²) in [5, 5.41) is 8.89. The first-order chi connectivity index (χ1) is 7.86. The lowest BCUT2D eigenvalue weighted by molar-refractivity contribution is -0.143. The monoisotopic (exact) mass is 248 g/mol. The summed E-state index contributed by atoms with van der Waals surface area (Å²) in [7, 11) is 0. The van der Waals surface area contributed by atoms with Crippen molar-refractivity contribution in [2.75, 3.05) is 0 Å². The van der Waals surface area contributed by atoms with Gasteiger partial charge in [-0.25, -0.2) is 9.97 Å². The molecular weight excluding hydrogens is 237 g/mol. The zero-order chi connectivity index (χ0) is 13.1. The highest BCUT2D eigenvalue weighted by Gasteiger charge is 2.34. The minimum atomic E-state index is -4.59. The van der Waals surface area contributed by atoms with E-state index in [0.717, 1.165) is 6.20 Å². The molecule has 0 aromatic carbocycles. The van der Waals surface area contributed by atoms with Crippen LogP contribution in [0.15, 0.2) is 12.3 Å². The van der Waals surface area contributed by atoms with Crippen molar-refractivity contribution in [3.8, 4) is 0 Å². The molecule has 17 heavy (non-hydrogen) atoms. The second kappa shape index (κ2) is 5.11. The van der Waals surface area contributed by atoms with Gasteiger partial charge in [-0.3, -0.25) is 4.79 Å². The highest BCUT2D eigenvalue weighted by molar-refractivity contribution is 5.74. The van der Waals surface area contributed by atoms with Gasteiger partial charge < -0.3 is 5.11 Å². The van der Waals surface area contributed by atoms with E-state index < -0.39 is 23.8 Å². The molecule has 0 bridgehead atoms. The fourth-order valence-electron chi connectivity index (χ4n) is 1.35. The molecule has 0 aliphatic rings. The summed E-state index contributed by atoms with van der Waals surface area (Å²) in [6.45, 7) is 1.74. The fourth-order valence-corrected chi connectivity index (χ4v) is 1.35. The number of carboxylic acids is 1. The van der Waals surface area contributed by atoms with Crippen LogP contribution in [0.3, 0.4) is 0 Å². The molecule has 1 aromatic heterocycles. The summed E-state index contributed by atoms with van der Waals surface area (Å²) in [6, 6.07) is 0.717. The molecule has 0 amide bonds. The number of aliphatic carboxylic acids is 1. The molecule has 1 atom stereocenters. The van der Waals surface area contributed by atoms with Crippen LogP contribution in [-0.2, 0) is 11.0 Å². The van der Waals surface area contributed by atoms with E-state index in [1.165, 1.54) is 0 Å². The lowest BCUT2D eigenvalue weighted by atomic mass is 10.0. The third kappa shape index (κ3) is 3.40. The number of hydrogen-bond acceptors (Lipinski definition) is 3. The molecule has 94 valence electrons. The Bertz CT molecular complexity index is 407. The van der Waals surface area contributed by atoms with Gasteiger partial charge in [0.25, 0.3) is 0 Å². The Morgan fingerprint density at radius 1 is 1.53 bits per heavy atom. The number of aromatic nitrogens is 2.